The molecule has 28 heavy (non-hydrogen) atoms. The van der Waals surface area contributed by atoms with Crippen LogP contribution in [0.25, 0.3) is 22.0 Å². The van der Waals surface area contributed by atoms with Crippen LogP contribution in [0.15, 0.2) is 60.9 Å². The van der Waals surface area contributed by atoms with E-state index >= 15 is 0 Å². The number of H-pyrrole nitrogens is 2. The van der Waals surface area contributed by atoms with Crippen LogP contribution in [-0.2, 0) is 6.54 Å². The molecule has 5 rings (SSSR count). The third kappa shape index (κ3) is 3.29. The Bertz CT molecular complexity index is 1100. The van der Waals surface area contributed by atoms with Crippen LogP contribution in [-0.4, -0.2) is 37.7 Å². The predicted octanol–water partition coefficient (Wildman–Crippen LogP) is 4.01. The van der Waals surface area contributed by atoms with Gasteiger partial charge in [0.1, 0.15) is 0 Å². The van der Waals surface area contributed by atoms with Crippen molar-refractivity contribution in [1.82, 2.24) is 25.3 Å². The summed E-state index contributed by atoms with van der Waals surface area (Å²) in [5.41, 5.74) is 4.52. The summed E-state index contributed by atoms with van der Waals surface area (Å²) < 4.78 is 0. The van der Waals surface area contributed by atoms with Gasteiger partial charge in [0.05, 0.1) is 11.7 Å². The largest absolute Gasteiger partial charge is 0.333 e. The van der Waals surface area contributed by atoms with E-state index < -0.39 is 0 Å². The van der Waals surface area contributed by atoms with Gasteiger partial charge in [0.25, 0.3) is 5.91 Å². The normalized spacial score (nSPS) is 13.7. The number of amides is 1. The van der Waals surface area contributed by atoms with Gasteiger partial charge < -0.3 is 4.90 Å². The van der Waals surface area contributed by atoms with E-state index in [2.05, 4.69) is 32.5 Å². The van der Waals surface area contributed by atoms with Crippen molar-refractivity contribution in [2.24, 2.45) is 5.92 Å². The van der Waals surface area contributed by atoms with E-state index in [-0.39, 0.29) is 5.91 Å². The number of nitrogens with zero attached hydrogens (tertiary/aromatic N) is 3. The number of aromatic nitrogens is 4. The number of hydrogen-bond acceptors (Lipinski definition) is 3. The van der Waals surface area contributed by atoms with E-state index in [1.807, 2.05) is 47.5 Å². The molecule has 4 aromatic rings. The number of rotatable bonds is 6. The maximum Gasteiger partial charge on any atom is 0.275 e. The molecule has 1 amide bonds. The molecule has 1 fully saturated rings. The lowest BCUT2D eigenvalue weighted by atomic mass is 10.1. The first kappa shape index (κ1) is 16.7. The number of fused-ring (bicyclic) bond motifs is 1. The average molecular weight is 371 g/mol. The number of carbonyl (C=O) groups is 1. The van der Waals surface area contributed by atoms with Crippen molar-refractivity contribution >= 4 is 16.8 Å². The lowest BCUT2D eigenvalue weighted by Crippen LogP contribution is -2.32. The Kier molecular flexibility index (Phi) is 4.16. The van der Waals surface area contributed by atoms with Crippen LogP contribution < -0.4 is 0 Å². The van der Waals surface area contributed by atoms with Gasteiger partial charge in [0.15, 0.2) is 5.69 Å². The Morgan fingerprint density at radius 3 is 2.71 bits per heavy atom. The minimum absolute atomic E-state index is 0.0157. The standard InChI is InChI=1S/C22H21N5O/c28-22(27(14-16-6-7-16)13-15-4-2-1-3-5-15)21-19-9-8-17(10-20(19)25-26-21)18-11-23-24-12-18/h1-5,8-12,16H,6-7,13-14H2,(H,23,24)(H,25,26). The molecule has 0 atom stereocenters. The van der Waals surface area contributed by atoms with Crippen molar-refractivity contribution in [1.29, 1.82) is 0 Å². The lowest BCUT2D eigenvalue weighted by Gasteiger charge is -2.22. The first-order valence-electron chi connectivity index (χ1n) is 9.58. The molecule has 1 aliphatic carbocycles. The second kappa shape index (κ2) is 6.96. The molecule has 0 radical (unpaired) electrons. The average Bonchev–Trinajstić information content (AvgIpc) is 3.20. The van der Waals surface area contributed by atoms with E-state index in [1.165, 1.54) is 12.8 Å². The fourth-order valence-electron chi connectivity index (χ4n) is 3.56. The zero-order valence-corrected chi connectivity index (χ0v) is 15.4. The first-order valence-corrected chi connectivity index (χ1v) is 9.58. The highest BCUT2D eigenvalue weighted by molar-refractivity contribution is 6.05. The van der Waals surface area contributed by atoms with Crippen molar-refractivity contribution < 1.29 is 4.79 Å². The quantitative estimate of drug-likeness (QED) is 0.538. The van der Waals surface area contributed by atoms with Gasteiger partial charge in [-0.25, -0.2) is 0 Å². The minimum Gasteiger partial charge on any atom is -0.333 e. The van der Waals surface area contributed by atoms with Crippen LogP contribution in [0.1, 0.15) is 28.9 Å². The molecule has 140 valence electrons. The van der Waals surface area contributed by atoms with Crippen molar-refractivity contribution in [2.75, 3.05) is 6.54 Å². The van der Waals surface area contributed by atoms with Gasteiger partial charge in [-0.15, -0.1) is 0 Å². The maximum absolute atomic E-state index is 13.3. The van der Waals surface area contributed by atoms with Crippen LogP contribution in [0.3, 0.4) is 0 Å². The smallest absolute Gasteiger partial charge is 0.275 e. The van der Waals surface area contributed by atoms with E-state index in [1.54, 1.807) is 6.20 Å². The number of carbonyl (C=O) groups excluding carboxylic acids is 1. The highest BCUT2D eigenvalue weighted by Crippen LogP contribution is 2.31. The van der Waals surface area contributed by atoms with Crippen molar-refractivity contribution in [3.63, 3.8) is 0 Å². The molecule has 0 spiro atoms. The van der Waals surface area contributed by atoms with E-state index in [0.717, 1.165) is 34.1 Å². The Morgan fingerprint density at radius 2 is 1.96 bits per heavy atom. The van der Waals surface area contributed by atoms with Crippen LogP contribution in [0.4, 0.5) is 0 Å². The Balaban J connectivity index is 1.45. The lowest BCUT2D eigenvalue weighted by molar-refractivity contribution is 0.0731. The maximum atomic E-state index is 13.3. The Labute approximate surface area is 162 Å². The van der Waals surface area contributed by atoms with Crippen LogP contribution >= 0.6 is 0 Å². The molecule has 2 aromatic heterocycles. The number of aromatic amines is 2. The SMILES string of the molecule is O=C(c1n[nH]c2cc(-c3cn[nH]c3)ccc12)N(Cc1ccccc1)CC1CC1. The molecule has 0 unspecified atom stereocenters. The highest BCUT2D eigenvalue weighted by Gasteiger charge is 2.29. The summed E-state index contributed by atoms with van der Waals surface area (Å²) in [4.78, 5) is 15.3. The van der Waals surface area contributed by atoms with Gasteiger partial charge in [-0.2, -0.15) is 10.2 Å². The van der Waals surface area contributed by atoms with Crippen molar-refractivity contribution in [3.8, 4) is 11.1 Å². The summed E-state index contributed by atoms with van der Waals surface area (Å²) in [5.74, 6) is 0.601. The molecule has 2 heterocycles. The third-order valence-corrected chi connectivity index (χ3v) is 5.28. The third-order valence-electron chi connectivity index (χ3n) is 5.28. The predicted molar refractivity (Wildman–Crippen MR) is 108 cm³/mol. The summed E-state index contributed by atoms with van der Waals surface area (Å²) in [7, 11) is 0. The van der Waals surface area contributed by atoms with Crippen LogP contribution in [0, 0.1) is 5.92 Å². The molecule has 1 saturated carbocycles. The molecule has 0 bridgehead atoms. The van der Waals surface area contributed by atoms with Gasteiger partial charge in [-0.3, -0.25) is 15.0 Å². The van der Waals surface area contributed by atoms with Gasteiger partial charge >= 0.3 is 0 Å². The molecule has 2 N–H and O–H groups in total. The Hall–Kier alpha value is -3.41. The summed E-state index contributed by atoms with van der Waals surface area (Å²) in [6.07, 6.45) is 6.03. The Morgan fingerprint density at radius 1 is 1.11 bits per heavy atom. The summed E-state index contributed by atoms with van der Waals surface area (Å²) in [6.45, 7) is 1.40. The van der Waals surface area contributed by atoms with Crippen LogP contribution in [0.2, 0.25) is 0 Å². The molecule has 0 aliphatic heterocycles. The fourth-order valence-corrected chi connectivity index (χ4v) is 3.56. The van der Waals surface area contributed by atoms with Crippen LogP contribution in [0.5, 0.6) is 0 Å². The molecule has 6 heteroatoms. The van der Waals surface area contributed by atoms with E-state index in [0.29, 0.717) is 18.2 Å². The van der Waals surface area contributed by atoms with Gasteiger partial charge in [0, 0.05) is 30.2 Å². The van der Waals surface area contributed by atoms with Crippen molar-refractivity contribution in [3.05, 3.63) is 72.2 Å². The molecule has 6 nitrogen and oxygen atoms in total. The molecule has 1 aliphatic rings. The number of nitrogens with one attached hydrogen (secondary N) is 2. The fraction of sp³-hybridized carbons (Fsp3) is 0.227. The summed E-state index contributed by atoms with van der Waals surface area (Å²) in [5, 5.41) is 15.1. The topological polar surface area (TPSA) is 77.7 Å². The number of hydrogen-bond donors (Lipinski definition) is 2. The van der Waals surface area contributed by atoms with Gasteiger partial charge in [-0.1, -0.05) is 36.4 Å². The molecular formula is C22H21N5O. The van der Waals surface area contributed by atoms with Crippen molar-refractivity contribution in [2.45, 2.75) is 19.4 Å². The second-order valence-corrected chi connectivity index (χ2v) is 7.43. The monoisotopic (exact) mass is 371 g/mol. The zero-order chi connectivity index (χ0) is 18.9. The number of benzene rings is 2. The first-order chi connectivity index (χ1) is 13.8. The summed E-state index contributed by atoms with van der Waals surface area (Å²) in [6, 6.07) is 16.1. The molecular weight excluding hydrogens is 350 g/mol. The minimum atomic E-state index is -0.0157. The van der Waals surface area contributed by atoms with Gasteiger partial charge in [0.2, 0.25) is 0 Å². The van der Waals surface area contributed by atoms with E-state index in [4.69, 9.17) is 0 Å². The molecule has 2 aromatic carbocycles. The highest BCUT2D eigenvalue weighted by atomic mass is 16.2. The second-order valence-electron chi connectivity index (χ2n) is 7.43. The zero-order valence-electron chi connectivity index (χ0n) is 15.4. The van der Waals surface area contributed by atoms with E-state index in [9.17, 15) is 4.79 Å². The molecule has 0 saturated heterocycles. The summed E-state index contributed by atoms with van der Waals surface area (Å²) >= 11 is 0. The van der Waals surface area contributed by atoms with Gasteiger partial charge in [-0.05, 0) is 42.0 Å².